The molecule has 1 saturated carbocycles. The molecular formula is C20H21NO2. The molecule has 2 aromatic carbocycles. The number of fused-ring (bicyclic) bond motifs is 3. The summed E-state index contributed by atoms with van der Waals surface area (Å²) in [6.45, 7) is 1.11. The Balaban J connectivity index is 1.74. The first kappa shape index (κ1) is 14.3. The summed E-state index contributed by atoms with van der Waals surface area (Å²) in [5.74, 6) is 0.122. The molecule has 0 unspecified atom stereocenters. The lowest BCUT2D eigenvalue weighted by atomic mass is 10.0. The molecule has 3 nitrogen and oxygen atoms in total. The summed E-state index contributed by atoms with van der Waals surface area (Å²) in [6, 6.07) is 15.2. The van der Waals surface area contributed by atoms with Crippen molar-refractivity contribution in [1.29, 1.82) is 0 Å². The van der Waals surface area contributed by atoms with Gasteiger partial charge in [0.05, 0.1) is 0 Å². The SMILES string of the molecule is O=C(O)CCCc1ccc2c(c1)c1ccccc1n2CC1CC1. The summed E-state index contributed by atoms with van der Waals surface area (Å²) in [6.07, 6.45) is 4.45. The van der Waals surface area contributed by atoms with Crippen molar-refractivity contribution in [1.82, 2.24) is 4.57 Å². The number of carboxylic acids is 1. The molecule has 0 aliphatic heterocycles. The number of benzene rings is 2. The third-order valence-corrected chi connectivity index (χ3v) is 4.83. The number of aliphatic carboxylic acids is 1. The molecule has 1 aliphatic rings. The van der Waals surface area contributed by atoms with Crippen molar-refractivity contribution >= 4 is 27.8 Å². The molecule has 23 heavy (non-hydrogen) atoms. The molecule has 1 aliphatic carbocycles. The number of hydrogen-bond acceptors (Lipinski definition) is 1. The quantitative estimate of drug-likeness (QED) is 0.722. The van der Waals surface area contributed by atoms with Gasteiger partial charge < -0.3 is 9.67 Å². The molecule has 1 heterocycles. The van der Waals surface area contributed by atoms with E-state index in [0.29, 0.717) is 6.42 Å². The Morgan fingerprint density at radius 3 is 2.65 bits per heavy atom. The lowest BCUT2D eigenvalue weighted by molar-refractivity contribution is -0.137. The fraction of sp³-hybridized carbons (Fsp3) is 0.350. The molecule has 0 atom stereocenters. The van der Waals surface area contributed by atoms with Crippen LogP contribution in [0.2, 0.25) is 0 Å². The zero-order valence-corrected chi connectivity index (χ0v) is 13.2. The van der Waals surface area contributed by atoms with E-state index in [1.54, 1.807) is 0 Å². The predicted octanol–water partition coefficient (Wildman–Crippen LogP) is 4.61. The molecule has 118 valence electrons. The standard InChI is InChI=1S/C20H21NO2/c22-20(23)7-3-4-14-10-11-19-17(12-14)16-5-1-2-6-18(16)21(19)13-15-8-9-15/h1-2,5-6,10-12,15H,3-4,7-9,13H2,(H,22,23). The molecule has 1 fully saturated rings. The molecule has 0 bridgehead atoms. The second-order valence-corrected chi connectivity index (χ2v) is 6.67. The van der Waals surface area contributed by atoms with Crippen molar-refractivity contribution in [3.05, 3.63) is 48.0 Å². The van der Waals surface area contributed by atoms with Crippen LogP contribution in [0.4, 0.5) is 0 Å². The Morgan fingerprint density at radius 1 is 1.09 bits per heavy atom. The predicted molar refractivity (Wildman–Crippen MR) is 92.7 cm³/mol. The lowest BCUT2D eigenvalue weighted by Gasteiger charge is -2.06. The zero-order chi connectivity index (χ0) is 15.8. The summed E-state index contributed by atoms with van der Waals surface area (Å²) in [4.78, 5) is 10.7. The van der Waals surface area contributed by atoms with Crippen molar-refractivity contribution in [2.45, 2.75) is 38.6 Å². The molecule has 0 amide bonds. The first-order valence-corrected chi connectivity index (χ1v) is 8.44. The maximum Gasteiger partial charge on any atom is 0.303 e. The second-order valence-electron chi connectivity index (χ2n) is 6.67. The van der Waals surface area contributed by atoms with Gasteiger partial charge in [-0.3, -0.25) is 4.79 Å². The minimum Gasteiger partial charge on any atom is -0.481 e. The number of hydrogen-bond donors (Lipinski definition) is 1. The van der Waals surface area contributed by atoms with Crippen molar-refractivity contribution in [3.63, 3.8) is 0 Å². The van der Waals surface area contributed by atoms with Crippen LogP contribution in [0.15, 0.2) is 42.5 Å². The van der Waals surface area contributed by atoms with Gasteiger partial charge in [0.15, 0.2) is 0 Å². The van der Waals surface area contributed by atoms with Crippen LogP contribution in [0, 0.1) is 5.92 Å². The van der Waals surface area contributed by atoms with Gasteiger partial charge in [0.2, 0.25) is 0 Å². The second kappa shape index (κ2) is 5.73. The third kappa shape index (κ3) is 2.83. The highest BCUT2D eigenvalue weighted by molar-refractivity contribution is 6.08. The Hall–Kier alpha value is -2.29. The number of aryl methyl sites for hydroxylation is 1. The zero-order valence-electron chi connectivity index (χ0n) is 13.2. The van der Waals surface area contributed by atoms with E-state index in [0.717, 1.165) is 18.9 Å². The highest BCUT2D eigenvalue weighted by atomic mass is 16.4. The van der Waals surface area contributed by atoms with Crippen molar-refractivity contribution in [2.24, 2.45) is 5.92 Å². The molecule has 4 rings (SSSR count). The number of nitrogens with zero attached hydrogens (tertiary/aromatic N) is 1. The topological polar surface area (TPSA) is 42.2 Å². The Morgan fingerprint density at radius 2 is 1.87 bits per heavy atom. The number of rotatable bonds is 6. The van der Waals surface area contributed by atoms with E-state index in [2.05, 4.69) is 47.0 Å². The molecule has 1 N–H and O–H groups in total. The summed E-state index contributed by atoms with van der Waals surface area (Å²) < 4.78 is 2.46. The van der Waals surface area contributed by atoms with Crippen LogP contribution in [0.1, 0.15) is 31.2 Å². The van der Waals surface area contributed by atoms with Crippen LogP contribution < -0.4 is 0 Å². The van der Waals surface area contributed by atoms with Crippen LogP contribution in [0.25, 0.3) is 21.8 Å². The fourth-order valence-electron chi connectivity index (χ4n) is 3.46. The van der Waals surface area contributed by atoms with E-state index in [4.69, 9.17) is 5.11 Å². The first-order chi connectivity index (χ1) is 11.2. The molecule has 0 saturated heterocycles. The maximum atomic E-state index is 10.7. The largest absolute Gasteiger partial charge is 0.481 e. The normalized spacial score (nSPS) is 14.6. The van der Waals surface area contributed by atoms with Crippen molar-refractivity contribution < 1.29 is 9.90 Å². The van der Waals surface area contributed by atoms with Gasteiger partial charge in [-0.15, -0.1) is 0 Å². The van der Waals surface area contributed by atoms with E-state index in [-0.39, 0.29) is 6.42 Å². The van der Waals surface area contributed by atoms with Gasteiger partial charge in [0, 0.05) is 34.8 Å². The van der Waals surface area contributed by atoms with Gasteiger partial charge in [-0.05, 0) is 55.4 Å². The van der Waals surface area contributed by atoms with Crippen LogP contribution in [-0.2, 0) is 17.8 Å². The Kier molecular flexibility index (Phi) is 3.56. The van der Waals surface area contributed by atoms with Gasteiger partial charge in [-0.2, -0.15) is 0 Å². The average Bonchev–Trinajstić information content (AvgIpc) is 3.31. The molecule has 0 spiro atoms. The van der Waals surface area contributed by atoms with E-state index in [1.165, 1.54) is 40.2 Å². The Labute approximate surface area is 135 Å². The lowest BCUT2D eigenvalue weighted by Crippen LogP contribution is -1.99. The van der Waals surface area contributed by atoms with Crippen LogP contribution in [-0.4, -0.2) is 15.6 Å². The van der Waals surface area contributed by atoms with E-state index < -0.39 is 5.97 Å². The first-order valence-electron chi connectivity index (χ1n) is 8.44. The van der Waals surface area contributed by atoms with Crippen molar-refractivity contribution in [3.8, 4) is 0 Å². The summed E-state index contributed by atoms with van der Waals surface area (Å²) >= 11 is 0. The summed E-state index contributed by atoms with van der Waals surface area (Å²) in [5.41, 5.74) is 3.85. The maximum absolute atomic E-state index is 10.7. The fourth-order valence-corrected chi connectivity index (χ4v) is 3.46. The number of carboxylic acid groups (broad SMARTS) is 1. The minimum absolute atomic E-state index is 0.238. The molecule has 0 radical (unpaired) electrons. The van der Waals surface area contributed by atoms with E-state index in [9.17, 15) is 4.79 Å². The monoisotopic (exact) mass is 307 g/mol. The smallest absolute Gasteiger partial charge is 0.303 e. The highest BCUT2D eigenvalue weighted by Crippen LogP contribution is 2.36. The van der Waals surface area contributed by atoms with Crippen LogP contribution >= 0.6 is 0 Å². The number of carbonyl (C=O) groups is 1. The Bertz CT molecular complexity index is 874. The third-order valence-electron chi connectivity index (χ3n) is 4.83. The van der Waals surface area contributed by atoms with E-state index in [1.807, 2.05) is 0 Å². The van der Waals surface area contributed by atoms with Gasteiger partial charge in [0.25, 0.3) is 0 Å². The molecule has 1 aromatic heterocycles. The average molecular weight is 307 g/mol. The highest BCUT2D eigenvalue weighted by Gasteiger charge is 2.23. The molecular weight excluding hydrogens is 286 g/mol. The van der Waals surface area contributed by atoms with Gasteiger partial charge in [-0.25, -0.2) is 0 Å². The summed E-state index contributed by atoms with van der Waals surface area (Å²) in [5, 5.41) is 11.4. The van der Waals surface area contributed by atoms with Crippen LogP contribution in [0.5, 0.6) is 0 Å². The molecule has 3 heteroatoms. The van der Waals surface area contributed by atoms with Gasteiger partial charge in [-0.1, -0.05) is 24.3 Å². The van der Waals surface area contributed by atoms with Gasteiger partial charge >= 0.3 is 5.97 Å². The van der Waals surface area contributed by atoms with E-state index >= 15 is 0 Å². The molecule has 3 aromatic rings. The minimum atomic E-state index is -0.716. The van der Waals surface area contributed by atoms with Gasteiger partial charge in [0.1, 0.15) is 0 Å². The van der Waals surface area contributed by atoms with Crippen molar-refractivity contribution in [2.75, 3.05) is 0 Å². The van der Waals surface area contributed by atoms with Crippen LogP contribution in [0.3, 0.4) is 0 Å². The summed E-state index contributed by atoms with van der Waals surface area (Å²) in [7, 11) is 0. The number of para-hydroxylation sites is 1. The number of aromatic nitrogens is 1.